The van der Waals surface area contributed by atoms with Gasteiger partial charge in [0, 0.05) is 45.7 Å². The van der Waals surface area contributed by atoms with Gasteiger partial charge >= 0.3 is 0 Å². The van der Waals surface area contributed by atoms with E-state index in [2.05, 4.69) is 10.2 Å². The number of amides is 2. The molecule has 2 heterocycles. The molecule has 2 aliphatic heterocycles. The highest BCUT2D eigenvalue weighted by Gasteiger charge is 2.29. The first-order chi connectivity index (χ1) is 8.70. The number of nitrogens with zero attached hydrogens (tertiary/aromatic N) is 2. The smallest absolute Gasteiger partial charge is 0.227 e. The lowest BCUT2D eigenvalue weighted by molar-refractivity contribution is -0.139. The fourth-order valence-corrected chi connectivity index (χ4v) is 2.54. The van der Waals surface area contributed by atoms with Crippen LogP contribution in [0.3, 0.4) is 0 Å². The Hall–Kier alpha value is -1.14. The van der Waals surface area contributed by atoms with Gasteiger partial charge in [-0.3, -0.25) is 14.5 Å². The summed E-state index contributed by atoms with van der Waals surface area (Å²) in [7, 11) is 0. The van der Waals surface area contributed by atoms with Gasteiger partial charge in [0.2, 0.25) is 11.8 Å². The van der Waals surface area contributed by atoms with Crippen molar-refractivity contribution in [1.82, 2.24) is 15.1 Å². The first-order valence-corrected chi connectivity index (χ1v) is 6.59. The number of aliphatic hydroxyl groups excluding tert-OH is 1. The van der Waals surface area contributed by atoms with E-state index in [1.54, 1.807) is 0 Å². The standard InChI is InChI=1S/C12H21N3O3/c16-8-7-14-3-5-15(6-4-14)12(18)10-1-2-11(17)13-9-10/h10,16H,1-9H2,(H,13,17). The van der Waals surface area contributed by atoms with E-state index >= 15 is 0 Å². The number of carbonyl (C=O) groups excluding carboxylic acids is 2. The summed E-state index contributed by atoms with van der Waals surface area (Å²) in [5.41, 5.74) is 0. The van der Waals surface area contributed by atoms with Crippen LogP contribution in [0.5, 0.6) is 0 Å². The first kappa shape index (κ1) is 13.3. The maximum absolute atomic E-state index is 12.2. The Bertz CT molecular complexity index is 304. The van der Waals surface area contributed by atoms with Crippen molar-refractivity contribution in [3.63, 3.8) is 0 Å². The number of piperidine rings is 1. The summed E-state index contributed by atoms with van der Waals surface area (Å²) in [6.45, 7) is 4.43. The summed E-state index contributed by atoms with van der Waals surface area (Å²) in [5, 5.41) is 11.6. The van der Waals surface area contributed by atoms with Crippen LogP contribution >= 0.6 is 0 Å². The summed E-state index contributed by atoms with van der Waals surface area (Å²) < 4.78 is 0. The van der Waals surface area contributed by atoms with E-state index in [0.717, 1.165) is 26.2 Å². The summed E-state index contributed by atoms with van der Waals surface area (Å²) in [5.74, 6) is 0.164. The fraction of sp³-hybridized carbons (Fsp3) is 0.833. The van der Waals surface area contributed by atoms with E-state index in [9.17, 15) is 9.59 Å². The lowest BCUT2D eigenvalue weighted by Crippen LogP contribution is -2.52. The van der Waals surface area contributed by atoms with Gasteiger partial charge in [0.05, 0.1) is 12.5 Å². The highest BCUT2D eigenvalue weighted by atomic mass is 16.3. The lowest BCUT2D eigenvalue weighted by atomic mass is 9.97. The minimum Gasteiger partial charge on any atom is -0.395 e. The maximum atomic E-state index is 12.2. The Labute approximate surface area is 107 Å². The maximum Gasteiger partial charge on any atom is 0.227 e. The number of rotatable bonds is 3. The van der Waals surface area contributed by atoms with Crippen molar-refractivity contribution in [2.24, 2.45) is 5.92 Å². The largest absolute Gasteiger partial charge is 0.395 e. The van der Waals surface area contributed by atoms with Crippen LogP contribution in [0, 0.1) is 5.92 Å². The zero-order valence-electron chi connectivity index (χ0n) is 10.6. The average molecular weight is 255 g/mol. The van der Waals surface area contributed by atoms with Crippen molar-refractivity contribution >= 4 is 11.8 Å². The van der Waals surface area contributed by atoms with E-state index in [0.29, 0.717) is 25.9 Å². The third kappa shape index (κ3) is 3.20. The second-order valence-corrected chi connectivity index (χ2v) is 4.93. The van der Waals surface area contributed by atoms with E-state index < -0.39 is 0 Å². The molecule has 2 rings (SSSR count). The molecule has 102 valence electrons. The molecule has 0 saturated carbocycles. The van der Waals surface area contributed by atoms with Crippen LogP contribution in [0.1, 0.15) is 12.8 Å². The van der Waals surface area contributed by atoms with Crippen LogP contribution < -0.4 is 5.32 Å². The lowest BCUT2D eigenvalue weighted by Gasteiger charge is -2.36. The number of piperazine rings is 1. The van der Waals surface area contributed by atoms with Gasteiger partial charge in [0.1, 0.15) is 0 Å². The van der Waals surface area contributed by atoms with E-state index in [1.165, 1.54) is 0 Å². The van der Waals surface area contributed by atoms with Crippen LogP contribution in [0.25, 0.3) is 0 Å². The van der Waals surface area contributed by atoms with Crippen molar-refractivity contribution in [3.05, 3.63) is 0 Å². The topological polar surface area (TPSA) is 72.9 Å². The number of carbonyl (C=O) groups is 2. The monoisotopic (exact) mass is 255 g/mol. The molecule has 0 spiro atoms. The Morgan fingerprint density at radius 2 is 2.06 bits per heavy atom. The number of nitrogens with one attached hydrogen (secondary N) is 1. The van der Waals surface area contributed by atoms with Crippen molar-refractivity contribution in [1.29, 1.82) is 0 Å². The average Bonchev–Trinajstić information content (AvgIpc) is 2.40. The molecular weight excluding hydrogens is 234 g/mol. The predicted molar refractivity (Wildman–Crippen MR) is 65.8 cm³/mol. The van der Waals surface area contributed by atoms with Crippen LogP contribution in [0.4, 0.5) is 0 Å². The quantitative estimate of drug-likeness (QED) is 0.654. The molecular formula is C12H21N3O3. The molecule has 0 bridgehead atoms. The Morgan fingerprint density at radius 3 is 2.61 bits per heavy atom. The van der Waals surface area contributed by atoms with Gasteiger partial charge in [-0.2, -0.15) is 0 Å². The number of aliphatic hydroxyl groups is 1. The van der Waals surface area contributed by atoms with E-state index in [1.807, 2.05) is 4.90 Å². The van der Waals surface area contributed by atoms with E-state index in [-0.39, 0.29) is 24.3 Å². The fourth-order valence-electron chi connectivity index (χ4n) is 2.54. The zero-order valence-corrected chi connectivity index (χ0v) is 10.6. The molecule has 18 heavy (non-hydrogen) atoms. The molecule has 0 radical (unpaired) electrons. The molecule has 6 heteroatoms. The molecule has 6 nitrogen and oxygen atoms in total. The van der Waals surface area contributed by atoms with Crippen molar-refractivity contribution in [3.8, 4) is 0 Å². The highest BCUT2D eigenvalue weighted by molar-refractivity contribution is 5.83. The second kappa shape index (κ2) is 6.15. The summed E-state index contributed by atoms with van der Waals surface area (Å²) in [6, 6.07) is 0. The molecule has 2 saturated heterocycles. The minimum atomic E-state index is -0.0490. The van der Waals surface area contributed by atoms with Crippen molar-refractivity contribution in [2.75, 3.05) is 45.9 Å². The van der Waals surface area contributed by atoms with Gasteiger partial charge in [0.25, 0.3) is 0 Å². The molecule has 0 aromatic heterocycles. The molecule has 2 aliphatic rings. The normalized spacial score (nSPS) is 25.9. The number of hydrogen-bond acceptors (Lipinski definition) is 4. The first-order valence-electron chi connectivity index (χ1n) is 6.59. The molecule has 0 aliphatic carbocycles. The van der Waals surface area contributed by atoms with Crippen LogP contribution in [-0.4, -0.2) is 72.6 Å². The predicted octanol–water partition coefficient (Wildman–Crippen LogP) is -1.35. The number of β-amino-alcohol motifs (C(OH)–C–C–N with tert-alkyl or cyclic N) is 1. The highest BCUT2D eigenvalue weighted by Crippen LogP contribution is 2.15. The summed E-state index contributed by atoms with van der Waals surface area (Å²) in [4.78, 5) is 27.3. The molecule has 0 aromatic rings. The van der Waals surface area contributed by atoms with Gasteiger partial charge < -0.3 is 15.3 Å². The Morgan fingerprint density at radius 1 is 1.33 bits per heavy atom. The van der Waals surface area contributed by atoms with Gasteiger partial charge in [-0.25, -0.2) is 0 Å². The van der Waals surface area contributed by atoms with E-state index in [4.69, 9.17) is 5.11 Å². The third-order valence-corrected chi connectivity index (χ3v) is 3.71. The van der Waals surface area contributed by atoms with Crippen molar-refractivity contribution < 1.29 is 14.7 Å². The molecule has 2 N–H and O–H groups in total. The van der Waals surface area contributed by atoms with Crippen LogP contribution in [0.2, 0.25) is 0 Å². The molecule has 1 unspecified atom stereocenters. The van der Waals surface area contributed by atoms with Crippen molar-refractivity contribution in [2.45, 2.75) is 12.8 Å². The second-order valence-electron chi connectivity index (χ2n) is 4.93. The van der Waals surface area contributed by atoms with Crippen LogP contribution in [0.15, 0.2) is 0 Å². The summed E-state index contributed by atoms with van der Waals surface area (Å²) >= 11 is 0. The summed E-state index contributed by atoms with van der Waals surface area (Å²) in [6.07, 6.45) is 1.13. The Kier molecular flexibility index (Phi) is 4.54. The molecule has 1 atom stereocenters. The van der Waals surface area contributed by atoms with Gasteiger partial charge in [-0.05, 0) is 6.42 Å². The van der Waals surface area contributed by atoms with Gasteiger partial charge in [-0.15, -0.1) is 0 Å². The van der Waals surface area contributed by atoms with Gasteiger partial charge in [0.15, 0.2) is 0 Å². The molecule has 0 aromatic carbocycles. The zero-order chi connectivity index (χ0) is 13.0. The molecule has 2 amide bonds. The SMILES string of the molecule is O=C1CCC(C(=O)N2CCN(CCO)CC2)CN1. The van der Waals surface area contributed by atoms with Crippen LogP contribution in [-0.2, 0) is 9.59 Å². The van der Waals surface area contributed by atoms with Gasteiger partial charge in [-0.1, -0.05) is 0 Å². The third-order valence-electron chi connectivity index (χ3n) is 3.71. The number of hydrogen-bond donors (Lipinski definition) is 2. The minimum absolute atomic E-state index is 0.0480. The molecule has 2 fully saturated rings. The Balaban J connectivity index is 1.78.